The fourth-order valence-corrected chi connectivity index (χ4v) is 0.679. The molecule has 0 saturated carbocycles. The van der Waals surface area contributed by atoms with Gasteiger partial charge in [0, 0.05) is 37.0 Å². The average molecular weight is 216 g/mol. The van der Waals surface area contributed by atoms with Crippen molar-refractivity contribution in [2.24, 2.45) is 0 Å². The number of nitrogens with one attached hydrogen (secondary N) is 3. The number of hydrogen-bond donors (Lipinski definition) is 3. The summed E-state index contributed by atoms with van der Waals surface area (Å²) in [5.74, 6) is 0. The third-order valence-electron chi connectivity index (χ3n) is 0.532. The van der Waals surface area contributed by atoms with E-state index in [1.807, 2.05) is 37.0 Å². The highest BCUT2D eigenvalue weighted by molar-refractivity contribution is 14.1. The maximum Gasteiger partial charge on any atom is 0.0361 e. The van der Waals surface area contributed by atoms with E-state index in [1.54, 1.807) is 5.23 Å². The number of hydrogen-bond acceptors (Lipinski definition) is 4. The molecule has 0 rings (SSSR count). The molecular formula is C2H9IN4. The van der Waals surface area contributed by atoms with Crippen LogP contribution in [0.15, 0.2) is 0 Å². The normalized spacial score (nSPS) is 10.3. The summed E-state index contributed by atoms with van der Waals surface area (Å²) < 4.78 is 2.78. The zero-order chi connectivity index (χ0) is 5.70. The number of halogens is 1. The van der Waals surface area contributed by atoms with E-state index >= 15 is 0 Å². The van der Waals surface area contributed by atoms with Gasteiger partial charge in [-0.3, -0.25) is 0 Å². The molecule has 4 nitrogen and oxygen atoms in total. The smallest absolute Gasteiger partial charge is 0.0361 e. The second-order valence-electron chi connectivity index (χ2n) is 0.867. The number of hydrazine groups is 3. The van der Waals surface area contributed by atoms with Gasteiger partial charge in [-0.15, -0.1) is 5.23 Å². The molecule has 0 aliphatic rings. The third-order valence-corrected chi connectivity index (χ3v) is 1.01. The summed E-state index contributed by atoms with van der Waals surface area (Å²) in [6, 6.07) is 0. The molecular weight excluding hydrogens is 207 g/mol. The molecule has 0 aromatic rings. The van der Waals surface area contributed by atoms with Crippen LogP contribution in [0.25, 0.3) is 0 Å². The molecule has 0 saturated heterocycles. The molecule has 0 aromatic heterocycles. The summed E-state index contributed by atoms with van der Waals surface area (Å²) >= 11 is 2.00. The van der Waals surface area contributed by atoms with E-state index in [2.05, 4.69) is 14.5 Å². The van der Waals surface area contributed by atoms with Crippen molar-refractivity contribution < 1.29 is 0 Å². The molecule has 0 unspecified atom stereocenters. The van der Waals surface area contributed by atoms with Crippen molar-refractivity contribution in [1.29, 1.82) is 0 Å². The fourth-order valence-electron chi connectivity index (χ4n) is 0.196. The fraction of sp³-hybridized carbons (Fsp3) is 1.00. The largest absolute Gasteiger partial charge is 0.230 e. The van der Waals surface area contributed by atoms with E-state index in [9.17, 15) is 0 Å². The monoisotopic (exact) mass is 216 g/mol. The summed E-state index contributed by atoms with van der Waals surface area (Å²) in [6.45, 7) is 0. The highest BCUT2D eigenvalue weighted by atomic mass is 127. The van der Waals surface area contributed by atoms with Crippen LogP contribution in [0.1, 0.15) is 0 Å². The molecule has 0 aliphatic carbocycles. The molecule has 0 aromatic carbocycles. The minimum atomic E-state index is 1.61. The molecule has 0 heterocycles. The Morgan fingerprint density at radius 2 is 1.71 bits per heavy atom. The maximum absolute atomic E-state index is 2.80. The first-order valence-corrected chi connectivity index (χ1v) is 2.94. The highest BCUT2D eigenvalue weighted by Crippen LogP contribution is 1.67. The van der Waals surface area contributed by atoms with Crippen LogP contribution >= 0.6 is 22.9 Å². The molecule has 7 heavy (non-hydrogen) atoms. The van der Waals surface area contributed by atoms with Crippen LogP contribution in [-0.4, -0.2) is 19.3 Å². The van der Waals surface area contributed by atoms with Gasteiger partial charge in [0.25, 0.3) is 0 Å². The molecule has 0 aliphatic heterocycles. The van der Waals surface area contributed by atoms with Crippen molar-refractivity contribution in [2.45, 2.75) is 0 Å². The van der Waals surface area contributed by atoms with Crippen molar-refractivity contribution >= 4 is 22.9 Å². The van der Waals surface area contributed by atoms with Gasteiger partial charge in [-0.1, -0.05) is 0 Å². The van der Waals surface area contributed by atoms with Gasteiger partial charge in [-0.05, 0) is 0 Å². The van der Waals surface area contributed by atoms with E-state index in [0.29, 0.717) is 0 Å². The van der Waals surface area contributed by atoms with Crippen molar-refractivity contribution in [3.63, 3.8) is 0 Å². The molecule has 5 heteroatoms. The van der Waals surface area contributed by atoms with Crippen molar-refractivity contribution in [3.05, 3.63) is 0 Å². The first-order chi connectivity index (χ1) is 3.35. The Morgan fingerprint density at radius 1 is 1.29 bits per heavy atom. The standard InChI is InChI=1S/C2H9IN4/c1-4-7(5-2)6-3/h4-6H,1-2H3. The Morgan fingerprint density at radius 3 is 1.71 bits per heavy atom. The van der Waals surface area contributed by atoms with Crippen LogP contribution in [0.5, 0.6) is 0 Å². The Bertz CT molecular complexity index is 31.2. The molecule has 0 bridgehead atoms. The molecule has 0 fully saturated rings. The van der Waals surface area contributed by atoms with Gasteiger partial charge in [0.05, 0.1) is 0 Å². The van der Waals surface area contributed by atoms with Crippen LogP contribution in [0.4, 0.5) is 0 Å². The minimum absolute atomic E-state index is 1.61. The lowest BCUT2D eigenvalue weighted by atomic mass is 11.4. The third kappa shape index (κ3) is 3.18. The molecule has 3 N–H and O–H groups in total. The second kappa shape index (κ2) is 4.72. The average Bonchev–Trinajstić information content (AvgIpc) is 1.72. The first kappa shape index (κ1) is 7.57. The quantitative estimate of drug-likeness (QED) is 0.335. The van der Waals surface area contributed by atoms with Gasteiger partial charge in [-0.2, -0.15) is 3.64 Å². The van der Waals surface area contributed by atoms with E-state index in [4.69, 9.17) is 0 Å². The number of rotatable bonds is 3. The molecule has 0 amide bonds. The maximum atomic E-state index is 2.80. The summed E-state index contributed by atoms with van der Waals surface area (Å²) in [5.41, 5.74) is 5.61. The zero-order valence-electron chi connectivity index (χ0n) is 4.33. The summed E-state index contributed by atoms with van der Waals surface area (Å²) in [6.07, 6.45) is 0. The van der Waals surface area contributed by atoms with Crippen LogP contribution in [0.3, 0.4) is 0 Å². The predicted octanol–water partition coefficient (Wildman–Crippen LogP) is -0.588. The zero-order valence-corrected chi connectivity index (χ0v) is 6.48. The lowest BCUT2D eigenvalue weighted by molar-refractivity contribution is 0.130. The van der Waals surface area contributed by atoms with Crippen molar-refractivity contribution in [3.8, 4) is 0 Å². The predicted molar refractivity (Wildman–Crippen MR) is 37.1 cm³/mol. The van der Waals surface area contributed by atoms with E-state index < -0.39 is 0 Å². The van der Waals surface area contributed by atoms with E-state index in [1.165, 1.54) is 0 Å². The number of nitrogens with zero attached hydrogens (tertiary/aromatic N) is 1. The summed E-state index contributed by atoms with van der Waals surface area (Å²) in [7, 11) is 3.62. The van der Waals surface area contributed by atoms with Crippen LogP contribution in [0, 0.1) is 0 Å². The van der Waals surface area contributed by atoms with Gasteiger partial charge >= 0.3 is 0 Å². The Balaban J connectivity index is 2.99. The Hall–Kier alpha value is 0.570. The first-order valence-electron chi connectivity index (χ1n) is 1.86. The molecule has 0 atom stereocenters. The second-order valence-corrected chi connectivity index (χ2v) is 1.35. The lowest BCUT2D eigenvalue weighted by Gasteiger charge is -2.14. The summed E-state index contributed by atoms with van der Waals surface area (Å²) in [5, 5.41) is 1.61. The molecule has 0 spiro atoms. The molecule has 44 valence electrons. The Labute approximate surface area is 57.0 Å². The SMILES string of the molecule is CNN(NC)NI. The van der Waals surface area contributed by atoms with Crippen molar-refractivity contribution in [1.82, 2.24) is 19.7 Å². The van der Waals surface area contributed by atoms with Crippen LogP contribution in [-0.2, 0) is 0 Å². The van der Waals surface area contributed by atoms with Crippen LogP contribution in [0.2, 0.25) is 0 Å². The van der Waals surface area contributed by atoms with Gasteiger partial charge < -0.3 is 0 Å². The lowest BCUT2D eigenvalue weighted by Crippen LogP contribution is -2.49. The van der Waals surface area contributed by atoms with E-state index in [-0.39, 0.29) is 0 Å². The Kier molecular flexibility index (Phi) is 5.11. The molecule has 0 radical (unpaired) electrons. The van der Waals surface area contributed by atoms with Gasteiger partial charge in [0.2, 0.25) is 0 Å². The van der Waals surface area contributed by atoms with Crippen molar-refractivity contribution in [2.75, 3.05) is 14.1 Å². The van der Waals surface area contributed by atoms with E-state index in [0.717, 1.165) is 0 Å². The van der Waals surface area contributed by atoms with Crippen LogP contribution < -0.4 is 14.5 Å². The van der Waals surface area contributed by atoms with Gasteiger partial charge in [0.1, 0.15) is 0 Å². The summed E-state index contributed by atoms with van der Waals surface area (Å²) in [4.78, 5) is 0. The van der Waals surface area contributed by atoms with Gasteiger partial charge in [0.15, 0.2) is 0 Å². The van der Waals surface area contributed by atoms with Gasteiger partial charge in [-0.25, -0.2) is 10.9 Å². The topological polar surface area (TPSA) is 39.3 Å². The highest BCUT2D eigenvalue weighted by Gasteiger charge is 1.86. The minimum Gasteiger partial charge on any atom is -0.230 e.